The van der Waals surface area contributed by atoms with Gasteiger partial charge in [0.05, 0.1) is 6.42 Å². The van der Waals surface area contributed by atoms with Crippen LogP contribution in [0.2, 0.25) is 0 Å². The average Bonchev–Trinajstić information content (AvgIpc) is 2.55. The molecule has 0 spiro atoms. The molecule has 1 fully saturated rings. The molecule has 1 heterocycles. The number of aromatic nitrogens is 3. The molecule has 94 valence electrons. The summed E-state index contributed by atoms with van der Waals surface area (Å²) < 4.78 is 1.69. The van der Waals surface area contributed by atoms with Crippen LogP contribution in [-0.2, 0) is 18.3 Å². The van der Waals surface area contributed by atoms with Crippen LogP contribution in [0.5, 0.6) is 0 Å². The zero-order chi connectivity index (χ0) is 12.1. The predicted molar refractivity (Wildman–Crippen MR) is 65.5 cm³/mol. The summed E-state index contributed by atoms with van der Waals surface area (Å²) in [5, 5.41) is 3.98. The number of nitrogens with zero attached hydrogens (tertiary/aromatic N) is 3. The second kappa shape index (κ2) is 5.94. The molecule has 0 unspecified atom stereocenters. The number of hydrogen-bond donors (Lipinski definition) is 0. The highest BCUT2D eigenvalue weighted by Gasteiger charge is 2.17. The van der Waals surface area contributed by atoms with Gasteiger partial charge in [-0.1, -0.05) is 38.5 Å². The Kier molecular flexibility index (Phi) is 4.29. The molecule has 0 aromatic carbocycles. The molecule has 1 aromatic heterocycles. The summed E-state index contributed by atoms with van der Waals surface area (Å²) in [6.07, 6.45) is 10.4. The van der Waals surface area contributed by atoms with Crippen molar-refractivity contribution in [2.24, 2.45) is 13.0 Å². The molecule has 0 radical (unpaired) electrons. The van der Waals surface area contributed by atoms with Crippen LogP contribution < -0.4 is 0 Å². The zero-order valence-corrected chi connectivity index (χ0v) is 10.6. The largest absolute Gasteiger partial charge is 0.299 e. The van der Waals surface area contributed by atoms with E-state index in [9.17, 15) is 4.79 Å². The maximum atomic E-state index is 12.0. The number of ketones is 1. The van der Waals surface area contributed by atoms with E-state index in [2.05, 4.69) is 10.1 Å². The number of rotatable bonds is 4. The molecule has 0 amide bonds. The lowest BCUT2D eigenvalue weighted by atomic mass is 9.93. The molecule has 17 heavy (non-hydrogen) atoms. The minimum absolute atomic E-state index is 0.313. The van der Waals surface area contributed by atoms with Gasteiger partial charge in [0, 0.05) is 13.5 Å². The Labute approximate surface area is 102 Å². The normalized spacial score (nSPS) is 17.9. The minimum Gasteiger partial charge on any atom is -0.299 e. The Bertz CT molecular complexity index is 364. The van der Waals surface area contributed by atoms with Crippen molar-refractivity contribution < 1.29 is 4.79 Å². The Morgan fingerprint density at radius 1 is 1.35 bits per heavy atom. The van der Waals surface area contributed by atoms with Gasteiger partial charge in [-0.2, -0.15) is 5.10 Å². The topological polar surface area (TPSA) is 47.8 Å². The van der Waals surface area contributed by atoms with E-state index in [4.69, 9.17) is 0 Å². The third-order valence-electron chi connectivity index (χ3n) is 3.65. The molecule has 1 aliphatic carbocycles. The van der Waals surface area contributed by atoms with Crippen molar-refractivity contribution >= 4 is 5.78 Å². The summed E-state index contributed by atoms with van der Waals surface area (Å²) in [6, 6.07) is 0. The van der Waals surface area contributed by atoms with Gasteiger partial charge >= 0.3 is 0 Å². The van der Waals surface area contributed by atoms with Crippen LogP contribution in [0.3, 0.4) is 0 Å². The van der Waals surface area contributed by atoms with Gasteiger partial charge in [0.2, 0.25) is 0 Å². The lowest BCUT2D eigenvalue weighted by Crippen LogP contribution is -2.13. The molecule has 2 rings (SSSR count). The highest BCUT2D eigenvalue weighted by Crippen LogP contribution is 2.25. The number of aryl methyl sites for hydroxylation is 1. The molecule has 1 aromatic rings. The van der Waals surface area contributed by atoms with E-state index in [1.54, 1.807) is 4.68 Å². The summed E-state index contributed by atoms with van der Waals surface area (Å²) in [4.78, 5) is 16.1. The van der Waals surface area contributed by atoms with Gasteiger partial charge in [0.15, 0.2) is 0 Å². The van der Waals surface area contributed by atoms with Crippen molar-refractivity contribution in [1.29, 1.82) is 0 Å². The second-order valence-electron chi connectivity index (χ2n) is 5.08. The lowest BCUT2D eigenvalue weighted by molar-refractivity contribution is -0.119. The van der Waals surface area contributed by atoms with E-state index in [-0.39, 0.29) is 0 Å². The molecule has 1 aliphatic rings. The monoisotopic (exact) mass is 235 g/mol. The third-order valence-corrected chi connectivity index (χ3v) is 3.65. The van der Waals surface area contributed by atoms with Crippen LogP contribution in [0.25, 0.3) is 0 Å². The van der Waals surface area contributed by atoms with Crippen LogP contribution in [0, 0.1) is 5.92 Å². The van der Waals surface area contributed by atoms with E-state index in [1.165, 1.54) is 44.9 Å². The van der Waals surface area contributed by atoms with E-state index in [0.29, 0.717) is 18.1 Å². The first-order valence-electron chi connectivity index (χ1n) is 6.60. The average molecular weight is 235 g/mol. The second-order valence-corrected chi connectivity index (χ2v) is 5.08. The molecular weight excluding hydrogens is 214 g/mol. The zero-order valence-electron chi connectivity index (χ0n) is 10.6. The van der Waals surface area contributed by atoms with Crippen LogP contribution in [-0.4, -0.2) is 20.5 Å². The van der Waals surface area contributed by atoms with Crippen molar-refractivity contribution in [2.45, 2.75) is 51.4 Å². The third kappa shape index (κ3) is 3.65. The Balaban J connectivity index is 1.82. The van der Waals surface area contributed by atoms with Crippen LogP contribution in [0.1, 0.15) is 50.8 Å². The Hall–Kier alpha value is -1.19. The summed E-state index contributed by atoms with van der Waals surface area (Å²) in [7, 11) is 1.83. The van der Waals surface area contributed by atoms with Crippen LogP contribution in [0.15, 0.2) is 6.33 Å². The van der Waals surface area contributed by atoms with Gasteiger partial charge in [-0.15, -0.1) is 0 Å². The van der Waals surface area contributed by atoms with E-state index >= 15 is 0 Å². The molecule has 0 aliphatic heterocycles. The van der Waals surface area contributed by atoms with Crippen molar-refractivity contribution in [3.05, 3.63) is 12.2 Å². The number of hydrogen-bond acceptors (Lipinski definition) is 3. The summed E-state index contributed by atoms with van der Waals surface area (Å²) in [5.74, 6) is 1.70. The lowest BCUT2D eigenvalue weighted by Gasteiger charge is -2.12. The smallest absolute Gasteiger partial charge is 0.140 e. The highest BCUT2D eigenvalue weighted by molar-refractivity contribution is 5.80. The first kappa shape index (κ1) is 12.3. The SMILES string of the molecule is Cn1ncnc1CC(=O)CC1CCCCCC1. The van der Waals surface area contributed by atoms with Crippen LogP contribution >= 0.6 is 0 Å². The fraction of sp³-hybridized carbons (Fsp3) is 0.769. The molecule has 0 saturated heterocycles. The van der Waals surface area contributed by atoms with Crippen molar-refractivity contribution in [1.82, 2.24) is 14.8 Å². The van der Waals surface area contributed by atoms with Crippen molar-refractivity contribution in [2.75, 3.05) is 0 Å². The summed E-state index contributed by atoms with van der Waals surface area (Å²) in [5.41, 5.74) is 0. The first-order valence-corrected chi connectivity index (χ1v) is 6.60. The van der Waals surface area contributed by atoms with E-state index < -0.39 is 0 Å². The highest BCUT2D eigenvalue weighted by atomic mass is 16.1. The molecule has 4 heteroatoms. The molecular formula is C13H21N3O. The predicted octanol–water partition coefficient (Wildman–Crippen LogP) is 2.29. The van der Waals surface area contributed by atoms with E-state index in [1.807, 2.05) is 7.05 Å². The fourth-order valence-electron chi connectivity index (χ4n) is 2.62. The number of carbonyl (C=O) groups excluding carboxylic acids is 1. The molecule has 4 nitrogen and oxygen atoms in total. The van der Waals surface area contributed by atoms with Gasteiger partial charge in [-0.3, -0.25) is 9.48 Å². The Morgan fingerprint density at radius 2 is 2.06 bits per heavy atom. The maximum Gasteiger partial charge on any atom is 0.140 e. The first-order chi connectivity index (χ1) is 8.25. The summed E-state index contributed by atoms with van der Waals surface area (Å²) >= 11 is 0. The van der Waals surface area contributed by atoms with Gasteiger partial charge < -0.3 is 0 Å². The molecule has 1 saturated carbocycles. The quantitative estimate of drug-likeness (QED) is 0.752. The fourth-order valence-corrected chi connectivity index (χ4v) is 2.62. The van der Waals surface area contributed by atoms with E-state index in [0.717, 1.165) is 12.2 Å². The van der Waals surface area contributed by atoms with Gasteiger partial charge in [0.1, 0.15) is 17.9 Å². The number of Topliss-reactive ketones (excluding diaryl/α,β-unsaturated/α-hetero) is 1. The van der Waals surface area contributed by atoms with Crippen molar-refractivity contribution in [3.63, 3.8) is 0 Å². The number of carbonyl (C=O) groups is 1. The molecule has 0 bridgehead atoms. The van der Waals surface area contributed by atoms with Gasteiger partial charge in [-0.05, 0) is 5.92 Å². The molecule has 0 atom stereocenters. The van der Waals surface area contributed by atoms with Crippen LogP contribution in [0.4, 0.5) is 0 Å². The standard InChI is InChI=1S/C13H21N3O/c1-16-13(14-10-15-16)9-12(17)8-11-6-4-2-3-5-7-11/h10-11H,2-9H2,1H3. The van der Waals surface area contributed by atoms with Crippen molar-refractivity contribution in [3.8, 4) is 0 Å². The van der Waals surface area contributed by atoms with Gasteiger partial charge in [-0.25, -0.2) is 4.98 Å². The minimum atomic E-state index is 0.313. The van der Waals surface area contributed by atoms with Gasteiger partial charge in [0.25, 0.3) is 0 Å². The Morgan fingerprint density at radius 3 is 2.65 bits per heavy atom. The summed E-state index contributed by atoms with van der Waals surface area (Å²) in [6.45, 7) is 0. The maximum absolute atomic E-state index is 12.0. The molecule has 0 N–H and O–H groups in total.